The zero-order valence-corrected chi connectivity index (χ0v) is 14.9. The molecule has 0 bridgehead atoms. The van der Waals surface area contributed by atoms with Gasteiger partial charge in [0.05, 0.1) is 6.10 Å². The molecular formula is C18H32OSi. The van der Waals surface area contributed by atoms with Gasteiger partial charge in [0.15, 0.2) is 8.32 Å². The van der Waals surface area contributed by atoms with Gasteiger partial charge >= 0.3 is 0 Å². The van der Waals surface area contributed by atoms with Crippen molar-refractivity contribution in [1.82, 2.24) is 0 Å². The molecule has 0 fully saturated rings. The Labute approximate surface area is 126 Å². The van der Waals surface area contributed by atoms with Crippen molar-refractivity contribution in [1.29, 1.82) is 0 Å². The second-order valence-electron chi connectivity index (χ2n) is 6.61. The number of allylic oxidation sites excluding steroid dienone is 3. The van der Waals surface area contributed by atoms with E-state index in [0.29, 0.717) is 12.0 Å². The van der Waals surface area contributed by atoms with Gasteiger partial charge in [-0.05, 0) is 62.7 Å². The molecule has 2 atom stereocenters. The van der Waals surface area contributed by atoms with Crippen LogP contribution in [0, 0.1) is 5.92 Å². The minimum Gasteiger partial charge on any atom is -0.413 e. The maximum absolute atomic E-state index is 6.90. The fourth-order valence-electron chi connectivity index (χ4n) is 3.99. The van der Waals surface area contributed by atoms with Crippen molar-refractivity contribution in [3.8, 4) is 0 Å². The van der Waals surface area contributed by atoms with Gasteiger partial charge in [-0.25, -0.2) is 0 Å². The number of hydrogen-bond acceptors (Lipinski definition) is 1. The van der Waals surface area contributed by atoms with Crippen molar-refractivity contribution in [2.75, 3.05) is 0 Å². The first-order chi connectivity index (χ1) is 9.65. The molecule has 114 valence electrons. The summed E-state index contributed by atoms with van der Waals surface area (Å²) in [6.45, 7) is 9.38. The Hall–Kier alpha value is -0.343. The first kappa shape index (κ1) is 16.0. The lowest BCUT2D eigenvalue weighted by Crippen LogP contribution is -2.42. The Morgan fingerprint density at radius 2 is 1.85 bits per heavy atom. The minimum absolute atomic E-state index is 0.499. The summed E-state index contributed by atoms with van der Waals surface area (Å²) in [6, 6.07) is 3.82. The second-order valence-corrected chi connectivity index (χ2v) is 11.3. The first-order valence-electron chi connectivity index (χ1n) is 8.69. The molecule has 0 spiro atoms. The molecule has 0 heterocycles. The minimum atomic E-state index is -1.47. The SMILES string of the molecule is CC[Si](CC)(CC)OC1CCCC(C)=C2C=CCCC21. The van der Waals surface area contributed by atoms with Crippen LogP contribution >= 0.6 is 0 Å². The summed E-state index contributed by atoms with van der Waals surface area (Å²) < 4.78 is 6.90. The third-order valence-corrected chi connectivity index (χ3v) is 10.3. The van der Waals surface area contributed by atoms with Crippen molar-refractivity contribution in [2.45, 2.75) is 84.0 Å². The summed E-state index contributed by atoms with van der Waals surface area (Å²) in [4.78, 5) is 0. The van der Waals surface area contributed by atoms with Gasteiger partial charge in [-0.1, -0.05) is 38.5 Å². The smallest absolute Gasteiger partial charge is 0.192 e. The third-order valence-electron chi connectivity index (χ3n) is 5.66. The van der Waals surface area contributed by atoms with Crippen LogP contribution in [0.25, 0.3) is 0 Å². The predicted molar refractivity (Wildman–Crippen MR) is 90.5 cm³/mol. The zero-order chi connectivity index (χ0) is 14.6. The van der Waals surface area contributed by atoms with Crippen molar-refractivity contribution < 1.29 is 4.43 Å². The van der Waals surface area contributed by atoms with E-state index in [0.717, 1.165) is 0 Å². The molecule has 2 aliphatic rings. The van der Waals surface area contributed by atoms with E-state index < -0.39 is 8.32 Å². The molecule has 2 rings (SSSR count). The number of hydrogen-bond donors (Lipinski definition) is 0. The molecule has 1 nitrogen and oxygen atoms in total. The average molecular weight is 293 g/mol. The summed E-state index contributed by atoms with van der Waals surface area (Å²) in [6.07, 6.45) is 11.7. The van der Waals surface area contributed by atoms with Crippen molar-refractivity contribution >= 4 is 8.32 Å². The van der Waals surface area contributed by atoms with Gasteiger partial charge in [0.1, 0.15) is 0 Å². The Morgan fingerprint density at radius 3 is 2.50 bits per heavy atom. The van der Waals surface area contributed by atoms with Gasteiger partial charge in [0, 0.05) is 5.92 Å². The fourth-order valence-corrected chi connectivity index (χ4v) is 6.91. The molecule has 0 aromatic carbocycles. The highest BCUT2D eigenvalue weighted by molar-refractivity contribution is 6.73. The van der Waals surface area contributed by atoms with Gasteiger partial charge in [0.2, 0.25) is 0 Å². The summed E-state index contributed by atoms with van der Waals surface area (Å²) >= 11 is 0. The van der Waals surface area contributed by atoms with E-state index in [1.807, 2.05) is 0 Å². The lowest BCUT2D eigenvalue weighted by molar-refractivity contribution is 0.125. The topological polar surface area (TPSA) is 9.23 Å². The quantitative estimate of drug-likeness (QED) is 0.578. The van der Waals surface area contributed by atoms with Crippen LogP contribution in [0.2, 0.25) is 18.1 Å². The van der Waals surface area contributed by atoms with Gasteiger partial charge in [-0.15, -0.1) is 0 Å². The van der Waals surface area contributed by atoms with E-state index in [4.69, 9.17) is 4.43 Å². The lowest BCUT2D eigenvalue weighted by atomic mass is 9.83. The van der Waals surface area contributed by atoms with Crippen LogP contribution in [-0.2, 0) is 4.43 Å². The van der Waals surface area contributed by atoms with Crippen LogP contribution in [0.4, 0.5) is 0 Å². The van der Waals surface area contributed by atoms with Crippen LogP contribution < -0.4 is 0 Å². The van der Waals surface area contributed by atoms with E-state index in [9.17, 15) is 0 Å². The normalized spacial score (nSPS) is 27.4. The Bertz CT molecular complexity index is 371. The summed E-state index contributed by atoms with van der Waals surface area (Å²) in [5, 5.41) is 0. The van der Waals surface area contributed by atoms with Crippen LogP contribution in [0.5, 0.6) is 0 Å². The van der Waals surface area contributed by atoms with E-state index in [1.54, 1.807) is 11.1 Å². The summed E-state index contributed by atoms with van der Waals surface area (Å²) in [5.41, 5.74) is 3.23. The van der Waals surface area contributed by atoms with Crippen LogP contribution in [0.15, 0.2) is 23.3 Å². The number of rotatable bonds is 5. The molecular weight excluding hydrogens is 260 g/mol. The lowest BCUT2D eigenvalue weighted by Gasteiger charge is -2.38. The highest BCUT2D eigenvalue weighted by atomic mass is 28.4. The van der Waals surface area contributed by atoms with Gasteiger partial charge in [-0.3, -0.25) is 0 Å². The number of fused-ring (bicyclic) bond motifs is 1. The Balaban J connectivity index is 2.21. The Kier molecular flexibility index (Phi) is 5.68. The van der Waals surface area contributed by atoms with Crippen molar-refractivity contribution in [2.24, 2.45) is 5.92 Å². The molecule has 20 heavy (non-hydrogen) atoms. The monoisotopic (exact) mass is 292 g/mol. The fraction of sp³-hybridized carbons (Fsp3) is 0.778. The van der Waals surface area contributed by atoms with Crippen LogP contribution in [0.1, 0.15) is 59.8 Å². The van der Waals surface area contributed by atoms with Gasteiger partial charge in [0.25, 0.3) is 0 Å². The largest absolute Gasteiger partial charge is 0.413 e. The molecule has 0 aliphatic heterocycles. The van der Waals surface area contributed by atoms with E-state index >= 15 is 0 Å². The maximum atomic E-state index is 6.90. The molecule has 0 amide bonds. The molecule has 0 aromatic heterocycles. The standard InChI is InChI=1S/C18H32OSi/c1-5-20(6-2,7-3)19-18-14-10-11-15(4)16-12-8-9-13-17(16)18/h8,12,17-18H,5-7,9-11,13-14H2,1-4H3. The van der Waals surface area contributed by atoms with E-state index in [-0.39, 0.29) is 0 Å². The average Bonchev–Trinajstić information content (AvgIpc) is 2.65. The second kappa shape index (κ2) is 7.08. The van der Waals surface area contributed by atoms with Gasteiger partial charge in [-0.2, -0.15) is 0 Å². The first-order valence-corrected chi connectivity index (χ1v) is 11.2. The molecule has 2 aliphatic carbocycles. The molecule has 2 heteroatoms. The third kappa shape index (κ3) is 3.28. The molecule has 0 N–H and O–H groups in total. The zero-order valence-electron chi connectivity index (χ0n) is 13.9. The predicted octanol–water partition coefficient (Wildman–Crippen LogP) is 5.84. The molecule has 2 unspecified atom stereocenters. The molecule has 0 saturated heterocycles. The van der Waals surface area contributed by atoms with E-state index in [2.05, 4.69) is 39.8 Å². The molecule has 0 radical (unpaired) electrons. The molecule has 0 aromatic rings. The van der Waals surface area contributed by atoms with Crippen LogP contribution in [0.3, 0.4) is 0 Å². The molecule has 0 saturated carbocycles. The van der Waals surface area contributed by atoms with Crippen molar-refractivity contribution in [3.63, 3.8) is 0 Å². The highest BCUT2D eigenvalue weighted by Gasteiger charge is 2.37. The van der Waals surface area contributed by atoms with Crippen molar-refractivity contribution in [3.05, 3.63) is 23.3 Å². The van der Waals surface area contributed by atoms with Gasteiger partial charge < -0.3 is 4.43 Å². The summed E-state index contributed by atoms with van der Waals surface area (Å²) in [5.74, 6) is 0.680. The van der Waals surface area contributed by atoms with E-state index in [1.165, 1.54) is 50.2 Å². The highest BCUT2D eigenvalue weighted by Crippen LogP contribution is 2.39. The summed E-state index contributed by atoms with van der Waals surface area (Å²) in [7, 11) is -1.47. The Morgan fingerprint density at radius 1 is 1.15 bits per heavy atom. The maximum Gasteiger partial charge on any atom is 0.192 e. The van der Waals surface area contributed by atoms with Crippen LogP contribution in [-0.4, -0.2) is 14.4 Å².